The molecule has 1 saturated heterocycles. The molecule has 2 aliphatic heterocycles. The van der Waals surface area contributed by atoms with Crippen LogP contribution >= 0.6 is 0 Å². The fraction of sp³-hybridized carbons (Fsp3) is 0.393. The molecule has 1 amide bonds. The molecule has 0 bridgehead atoms. The van der Waals surface area contributed by atoms with Crippen molar-refractivity contribution in [3.63, 3.8) is 0 Å². The Kier molecular flexibility index (Phi) is 6.89. The standard InChI is InChI=1S/C28H29N8O3.Tl/c1-7-19(29-4)27(39)21-9-28(3)10-23(28)36(21)25(38)15-35-22-13-30-20(8-18(22)26(33-35)16(2)37)17-11-31-24(32-12-17)14-34(5)6;/h1,4,7-8,11-13,21,23H,9-10,14-15H2,2-3,5-6H3;. The number of Topliss-reactive ketones (excluding diaryl/α,β-unsaturated/α-hetero) is 2. The number of aliphatic imine (C=N–C) groups is 1. The van der Waals surface area contributed by atoms with Crippen LogP contribution in [0.15, 0.2) is 39.4 Å². The maximum atomic E-state index is 13.7. The summed E-state index contributed by atoms with van der Waals surface area (Å²) >= 11 is -1.08. The zero-order valence-corrected chi connectivity index (χ0v) is 27.4. The van der Waals surface area contributed by atoms with Crippen LogP contribution in [-0.4, -0.2) is 111 Å². The second-order valence-corrected chi connectivity index (χ2v) is 15.4. The predicted octanol–water partition coefficient (Wildman–Crippen LogP) is 1.53. The maximum absolute atomic E-state index is 13.7. The normalized spacial score (nSPS) is 22.8. The van der Waals surface area contributed by atoms with Crippen molar-refractivity contribution in [3.8, 4) is 11.3 Å². The summed E-state index contributed by atoms with van der Waals surface area (Å²) in [6.07, 6.45) is 8.40. The van der Waals surface area contributed by atoms with E-state index in [1.807, 2.05) is 28.8 Å². The molecule has 3 aromatic heterocycles. The predicted molar refractivity (Wildman–Crippen MR) is 151 cm³/mol. The number of aromatic nitrogens is 5. The van der Waals surface area contributed by atoms with Gasteiger partial charge in [-0.2, -0.15) is 0 Å². The Labute approximate surface area is 243 Å². The summed E-state index contributed by atoms with van der Waals surface area (Å²) in [5.74, 6) is 0.198. The Morgan fingerprint density at radius 1 is 1.12 bits per heavy atom. The van der Waals surface area contributed by atoms with E-state index in [0.717, 1.165) is 12.0 Å². The molecule has 6 rings (SSSR count). The van der Waals surface area contributed by atoms with Gasteiger partial charge < -0.3 is 4.90 Å². The number of ketones is 2. The van der Waals surface area contributed by atoms with E-state index >= 15 is 0 Å². The average Bonchev–Trinajstić information content (AvgIpc) is 3.30. The van der Waals surface area contributed by atoms with Crippen molar-refractivity contribution >= 4 is 61.5 Å². The monoisotopic (exact) mass is 730 g/mol. The van der Waals surface area contributed by atoms with Crippen LogP contribution in [0.25, 0.3) is 22.2 Å². The van der Waals surface area contributed by atoms with Crippen molar-refractivity contribution in [2.45, 2.75) is 51.9 Å². The number of rotatable bonds is 8. The third-order valence-electron chi connectivity index (χ3n) is 7.86. The number of piperidine rings is 1. The van der Waals surface area contributed by atoms with Gasteiger partial charge in [0.15, 0.2) is 0 Å². The summed E-state index contributed by atoms with van der Waals surface area (Å²) in [5, 5.41) is 5.13. The van der Waals surface area contributed by atoms with Gasteiger partial charge in [-0.25, -0.2) is 9.97 Å². The van der Waals surface area contributed by atoms with Gasteiger partial charge in [-0.3, -0.25) is 4.79 Å². The van der Waals surface area contributed by atoms with Gasteiger partial charge in [0.25, 0.3) is 0 Å². The number of allylic oxidation sites excluding steroid dienone is 1. The summed E-state index contributed by atoms with van der Waals surface area (Å²) in [6, 6.07) is 1.29. The van der Waals surface area contributed by atoms with Crippen LogP contribution in [0.1, 0.15) is 43.0 Å². The number of likely N-dealkylation sites (tertiary alicyclic amines) is 1. The molecule has 40 heavy (non-hydrogen) atoms. The molecule has 2 fully saturated rings. The molecule has 5 heterocycles. The molecule has 1 saturated carbocycles. The van der Waals surface area contributed by atoms with E-state index in [-0.39, 0.29) is 41.2 Å². The Balaban J connectivity index is 1.29. The van der Waals surface area contributed by atoms with Gasteiger partial charge in [0.05, 0.1) is 12.2 Å². The van der Waals surface area contributed by atoms with Crippen LogP contribution in [0.4, 0.5) is 0 Å². The molecule has 0 radical (unpaired) electrons. The summed E-state index contributed by atoms with van der Waals surface area (Å²) in [7, 11) is 3.90. The molecule has 0 aromatic carbocycles. The van der Waals surface area contributed by atoms with E-state index in [1.165, 1.54) is 11.6 Å². The number of amides is 1. The first kappa shape index (κ1) is 26.9. The van der Waals surface area contributed by atoms with Crippen LogP contribution in [0, 0.1) is 5.41 Å². The zero-order valence-electron chi connectivity index (χ0n) is 22.9. The first-order valence-electron chi connectivity index (χ1n) is 13.2. The number of hydrogen-bond donors (Lipinski definition) is 0. The Hall–Kier alpha value is -3.33. The van der Waals surface area contributed by atoms with Gasteiger partial charge in [-0.1, -0.05) is 0 Å². The van der Waals surface area contributed by atoms with E-state index in [9.17, 15) is 14.4 Å². The van der Waals surface area contributed by atoms with Crippen molar-refractivity contribution in [3.05, 3.63) is 45.9 Å². The first-order chi connectivity index (χ1) is 19.1. The van der Waals surface area contributed by atoms with Crippen molar-refractivity contribution < 1.29 is 14.4 Å². The molecule has 3 unspecified atom stereocenters. The first-order valence-corrected chi connectivity index (χ1v) is 18.4. The number of carbonyl (C=O) groups is 3. The molecule has 3 aliphatic rings. The van der Waals surface area contributed by atoms with E-state index in [4.69, 9.17) is 0 Å². The summed E-state index contributed by atoms with van der Waals surface area (Å²) in [4.78, 5) is 61.2. The third-order valence-corrected chi connectivity index (χ3v) is 10.7. The summed E-state index contributed by atoms with van der Waals surface area (Å²) < 4.78 is 5.55. The minimum absolute atomic E-state index is 0.0273. The Bertz CT molecular complexity index is 1640. The Morgan fingerprint density at radius 2 is 1.90 bits per heavy atom. The topological polar surface area (TPSA) is 127 Å². The molecule has 0 N–H and O–H groups in total. The van der Waals surface area contributed by atoms with Gasteiger partial charge in [-0.05, 0) is 14.1 Å². The van der Waals surface area contributed by atoms with Crippen molar-refractivity contribution in [1.82, 2.24) is 34.5 Å². The summed E-state index contributed by atoms with van der Waals surface area (Å²) in [5.41, 5.74) is 2.57. The number of pyridine rings is 1. The SMILES string of the molecule is CC(=O)c1nn(CC(=O)N2C(C(=O)C3=N[CH]=[Tl][CH]=C3)CC3(C)CC23)c2cnc(-c3cnc(CN(C)C)nc3)cc12. The van der Waals surface area contributed by atoms with Gasteiger partial charge >= 0.3 is 167 Å². The molecular formula is C28H29N8O3Tl. The van der Waals surface area contributed by atoms with E-state index in [0.29, 0.717) is 41.1 Å². The molecular weight excluding hydrogens is 701 g/mol. The molecule has 0 spiro atoms. The molecule has 1 aliphatic carbocycles. The van der Waals surface area contributed by atoms with Crippen molar-refractivity contribution in [2.24, 2.45) is 10.4 Å². The van der Waals surface area contributed by atoms with Crippen molar-refractivity contribution in [1.29, 1.82) is 0 Å². The van der Waals surface area contributed by atoms with Crippen LogP contribution in [0.5, 0.6) is 0 Å². The molecule has 12 heteroatoms. The van der Waals surface area contributed by atoms with E-state index in [1.54, 1.807) is 29.6 Å². The van der Waals surface area contributed by atoms with Crippen LogP contribution in [-0.2, 0) is 22.7 Å². The fourth-order valence-corrected chi connectivity index (χ4v) is 8.20. The third kappa shape index (κ3) is 4.89. The summed E-state index contributed by atoms with van der Waals surface area (Å²) in [6.45, 7) is 4.12. The van der Waals surface area contributed by atoms with Crippen LogP contribution in [0.3, 0.4) is 0 Å². The average molecular weight is 730 g/mol. The zero-order chi connectivity index (χ0) is 28.2. The number of fused-ring (bicyclic) bond motifs is 2. The number of hydrogen-bond acceptors (Lipinski definition) is 9. The van der Waals surface area contributed by atoms with Crippen molar-refractivity contribution in [2.75, 3.05) is 14.1 Å². The second kappa shape index (κ2) is 10.3. The molecule has 11 nitrogen and oxygen atoms in total. The molecule has 202 valence electrons. The molecule has 3 aromatic rings. The van der Waals surface area contributed by atoms with Crippen LogP contribution in [0.2, 0.25) is 0 Å². The number of carbonyl (C=O) groups excluding carboxylic acids is 3. The van der Waals surface area contributed by atoms with E-state index in [2.05, 4.69) is 35.6 Å². The van der Waals surface area contributed by atoms with Crippen LogP contribution < -0.4 is 0 Å². The second-order valence-electron chi connectivity index (χ2n) is 11.2. The minimum atomic E-state index is -1.08. The number of nitrogens with zero attached hydrogens (tertiary/aromatic N) is 8. The van der Waals surface area contributed by atoms with Gasteiger partial charge in [0.2, 0.25) is 0 Å². The van der Waals surface area contributed by atoms with Gasteiger partial charge in [0, 0.05) is 24.9 Å². The fourth-order valence-electron chi connectivity index (χ4n) is 5.71. The Morgan fingerprint density at radius 3 is 2.58 bits per heavy atom. The van der Waals surface area contributed by atoms with Gasteiger partial charge in [-0.15, -0.1) is 0 Å². The molecule has 3 atom stereocenters. The van der Waals surface area contributed by atoms with Gasteiger partial charge in [0.1, 0.15) is 5.82 Å². The quantitative estimate of drug-likeness (QED) is 0.253. The van der Waals surface area contributed by atoms with E-state index < -0.39 is 29.8 Å².